The Labute approximate surface area is 199 Å². The number of hydrogen-bond acceptors (Lipinski definition) is 9. The summed E-state index contributed by atoms with van der Waals surface area (Å²) >= 11 is 4.11. The molecule has 0 spiro atoms. The Kier molecular flexibility index (Phi) is 6.88. The number of rotatable bonds is 8. The molecule has 33 heavy (non-hydrogen) atoms. The van der Waals surface area contributed by atoms with Gasteiger partial charge in [0.1, 0.15) is 22.9 Å². The maximum Gasteiger partial charge on any atom is 0.352 e. The number of nitro groups is 1. The van der Waals surface area contributed by atoms with E-state index in [0.717, 1.165) is 4.90 Å². The molecular formula is C19H17BrN4O8S. The first-order valence-electron chi connectivity index (χ1n) is 9.34. The van der Waals surface area contributed by atoms with Gasteiger partial charge in [0.25, 0.3) is 17.5 Å². The fourth-order valence-electron chi connectivity index (χ4n) is 3.54. The zero-order valence-corrected chi connectivity index (χ0v) is 19.3. The van der Waals surface area contributed by atoms with E-state index in [2.05, 4.69) is 26.4 Å². The van der Waals surface area contributed by atoms with Crippen LogP contribution in [0.25, 0.3) is 0 Å². The van der Waals surface area contributed by atoms with Gasteiger partial charge in [0.2, 0.25) is 5.70 Å². The van der Waals surface area contributed by atoms with E-state index in [1.165, 1.54) is 30.0 Å². The summed E-state index contributed by atoms with van der Waals surface area (Å²) in [7, 11) is 0. The summed E-state index contributed by atoms with van der Waals surface area (Å²) in [5.74, 6) is -3.70. The van der Waals surface area contributed by atoms with Crippen LogP contribution >= 0.6 is 27.7 Å². The highest BCUT2D eigenvalue weighted by atomic mass is 79.9. The quantitative estimate of drug-likeness (QED) is 0.0846. The lowest BCUT2D eigenvalue weighted by Gasteiger charge is -2.52. The van der Waals surface area contributed by atoms with Gasteiger partial charge in [-0.25, -0.2) is 4.79 Å². The van der Waals surface area contributed by atoms with Crippen molar-refractivity contribution in [3.05, 3.63) is 68.1 Å². The topological polar surface area (TPSA) is 180 Å². The minimum atomic E-state index is -1.33. The fourth-order valence-corrected chi connectivity index (χ4v) is 5.43. The molecule has 0 bridgehead atoms. The van der Waals surface area contributed by atoms with Crippen molar-refractivity contribution in [1.82, 2.24) is 10.2 Å². The van der Waals surface area contributed by atoms with Crippen molar-refractivity contribution in [2.24, 2.45) is 5.18 Å². The summed E-state index contributed by atoms with van der Waals surface area (Å²) < 4.78 is -0.839. The fraction of sp³-hybridized carbons (Fsp3) is 0.316. The number of halogens is 1. The standard InChI is InChI=1S/C19H17BrN4O8S/c1-19(6-9-2-4-10(5-3-9)24(31)32)7-11(18(28)29)23-16(27)14(17(23)33-19)21-15(26)13(22-30)12(25)8-20/h2-5,7,14,17,25H,6,8H2,1H3,(H,21,26)(H,28,29)/t14?,17-,19?/m1/s1. The van der Waals surface area contributed by atoms with Crippen LogP contribution in [-0.4, -0.2) is 59.3 Å². The third-order valence-corrected chi connectivity index (χ3v) is 7.11. The van der Waals surface area contributed by atoms with E-state index in [0.29, 0.717) is 5.56 Å². The number of aliphatic hydroxyl groups is 1. The number of nitroso groups, excluding NO2 is 1. The van der Waals surface area contributed by atoms with Crippen LogP contribution in [0, 0.1) is 15.0 Å². The molecule has 174 valence electrons. The lowest BCUT2D eigenvalue weighted by Crippen LogP contribution is -2.71. The number of carbonyl (C=O) groups excluding carboxylic acids is 2. The summed E-state index contributed by atoms with van der Waals surface area (Å²) in [5.41, 5.74) is -0.429. The average Bonchev–Trinajstić information content (AvgIpc) is 2.77. The molecule has 0 radical (unpaired) electrons. The Bertz CT molecular complexity index is 1110. The Morgan fingerprint density at radius 2 is 1.97 bits per heavy atom. The van der Waals surface area contributed by atoms with Crippen LogP contribution in [0.5, 0.6) is 0 Å². The monoisotopic (exact) mass is 540 g/mol. The number of alkyl halides is 1. The summed E-state index contributed by atoms with van der Waals surface area (Å²) in [6.07, 6.45) is 1.72. The van der Waals surface area contributed by atoms with Crippen molar-refractivity contribution < 1.29 is 29.5 Å². The maximum atomic E-state index is 12.6. The number of fused-ring (bicyclic) bond motifs is 1. The highest BCUT2D eigenvalue weighted by molar-refractivity contribution is 9.09. The third kappa shape index (κ3) is 4.75. The molecule has 2 amide bonds. The van der Waals surface area contributed by atoms with Crippen molar-refractivity contribution in [3.63, 3.8) is 0 Å². The summed E-state index contributed by atoms with van der Waals surface area (Å²) in [4.78, 5) is 59.1. The number of allylic oxidation sites excluding steroid dienone is 1. The number of non-ortho nitro benzene ring substituents is 1. The van der Waals surface area contributed by atoms with Crippen LogP contribution in [0.1, 0.15) is 12.5 Å². The first kappa shape index (κ1) is 24.4. The third-order valence-electron chi connectivity index (χ3n) is 5.05. The minimum absolute atomic E-state index is 0.0834. The van der Waals surface area contributed by atoms with Crippen LogP contribution < -0.4 is 5.32 Å². The van der Waals surface area contributed by atoms with Gasteiger partial charge in [-0.1, -0.05) is 28.1 Å². The molecule has 14 heteroatoms. The number of carbonyl (C=O) groups is 3. The number of nitrogens with zero attached hydrogens (tertiary/aromatic N) is 3. The maximum absolute atomic E-state index is 12.6. The van der Waals surface area contributed by atoms with Crippen molar-refractivity contribution >= 4 is 51.2 Å². The summed E-state index contributed by atoms with van der Waals surface area (Å²) in [6.45, 7) is 1.75. The SMILES string of the molecule is CC1(Cc2ccc([N+](=O)[O-])cc2)C=C(C(=O)O)N2C(=O)C(NC(=O)C(N=O)=C(O)CBr)[C@H]2S1. The molecule has 3 rings (SSSR count). The number of nitro benzene ring substituents is 1. The summed E-state index contributed by atoms with van der Waals surface area (Å²) in [5, 5.41) is 34.0. The largest absolute Gasteiger partial charge is 0.509 e. The minimum Gasteiger partial charge on any atom is -0.509 e. The molecule has 1 aromatic rings. The highest BCUT2D eigenvalue weighted by Crippen LogP contribution is 2.47. The van der Waals surface area contributed by atoms with Crippen LogP contribution in [0.2, 0.25) is 0 Å². The Hall–Kier alpha value is -3.26. The molecule has 0 aliphatic carbocycles. The van der Waals surface area contributed by atoms with E-state index in [-0.39, 0.29) is 23.1 Å². The lowest BCUT2D eigenvalue weighted by atomic mass is 9.96. The van der Waals surface area contributed by atoms with Gasteiger partial charge in [-0.3, -0.25) is 24.6 Å². The molecule has 0 aromatic heterocycles. The van der Waals surface area contributed by atoms with Gasteiger partial charge in [0.15, 0.2) is 0 Å². The van der Waals surface area contributed by atoms with E-state index in [1.807, 2.05) is 0 Å². The van der Waals surface area contributed by atoms with Gasteiger partial charge in [-0.2, -0.15) is 0 Å². The van der Waals surface area contributed by atoms with Gasteiger partial charge >= 0.3 is 5.97 Å². The zero-order valence-electron chi connectivity index (χ0n) is 16.9. The molecule has 1 aromatic carbocycles. The first-order chi connectivity index (χ1) is 15.5. The van der Waals surface area contributed by atoms with Crippen molar-refractivity contribution in [2.45, 2.75) is 29.5 Å². The molecular weight excluding hydrogens is 524 g/mol. The predicted molar refractivity (Wildman–Crippen MR) is 120 cm³/mol. The van der Waals surface area contributed by atoms with Crippen LogP contribution in [-0.2, 0) is 20.8 Å². The number of benzene rings is 1. The smallest absolute Gasteiger partial charge is 0.352 e. The van der Waals surface area contributed by atoms with Crippen LogP contribution in [0.3, 0.4) is 0 Å². The van der Waals surface area contributed by atoms with Crippen molar-refractivity contribution in [3.8, 4) is 0 Å². The molecule has 3 N–H and O–H groups in total. The molecule has 2 aliphatic heterocycles. The molecule has 1 saturated heterocycles. The van der Waals surface area contributed by atoms with Gasteiger partial charge < -0.3 is 15.5 Å². The Morgan fingerprint density at radius 1 is 1.33 bits per heavy atom. The van der Waals surface area contributed by atoms with Gasteiger partial charge in [0, 0.05) is 16.9 Å². The molecule has 3 atom stereocenters. The molecule has 2 aliphatic rings. The Balaban J connectivity index is 1.86. The second-order valence-corrected chi connectivity index (χ2v) is 9.65. The second kappa shape index (κ2) is 9.31. The number of nitrogens with one attached hydrogen (secondary N) is 1. The van der Waals surface area contributed by atoms with E-state index in [4.69, 9.17) is 0 Å². The Morgan fingerprint density at radius 3 is 2.48 bits per heavy atom. The number of aliphatic carboxylic acids is 1. The highest BCUT2D eigenvalue weighted by Gasteiger charge is 2.56. The lowest BCUT2D eigenvalue weighted by molar-refractivity contribution is -0.384. The molecule has 12 nitrogen and oxygen atoms in total. The van der Waals surface area contributed by atoms with E-state index in [9.17, 15) is 39.6 Å². The summed E-state index contributed by atoms with van der Waals surface area (Å²) in [6, 6.07) is 4.65. The normalized spacial score (nSPS) is 24.6. The molecule has 2 heterocycles. The number of carboxylic acid groups (broad SMARTS) is 1. The van der Waals surface area contributed by atoms with Crippen LogP contribution in [0.15, 0.2) is 52.7 Å². The van der Waals surface area contributed by atoms with E-state index in [1.54, 1.807) is 19.1 Å². The second-order valence-electron chi connectivity index (χ2n) is 7.44. The molecule has 2 unspecified atom stereocenters. The zero-order chi connectivity index (χ0) is 24.5. The van der Waals surface area contributed by atoms with Gasteiger partial charge in [-0.15, -0.1) is 16.7 Å². The predicted octanol–water partition coefficient (Wildman–Crippen LogP) is 2.20. The number of thioether (sulfide) groups is 1. The van der Waals surface area contributed by atoms with E-state index < -0.39 is 50.3 Å². The average molecular weight is 541 g/mol. The van der Waals surface area contributed by atoms with Gasteiger partial charge in [0.05, 0.1) is 10.3 Å². The number of β-lactam (4-membered cyclic amide) rings is 1. The first-order valence-corrected chi connectivity index (χ1v) is 11.3. The van der Waals surface area contributed by atoms with Gasteiger partial charge in [-0.05, 0) is 30.2 Å². The molecule has 0 saturated carbocycles. The van der Waals surface area contributed by atoms with E-state index >= 15 is 0 Å². The number of amides is 2. The van der Waals surface area contributed by atoms with Crippen molar-refractivity contribution in [1.29, 1.82) is 0 Å². The number of hydrogen-bond donors (Lipinski definition) is 3. The number of aliphatic hydroxyl groups excluding tert-OH is 1. The number of carboxylic acids is 1. The van der Waals surface area contributed by atoms with Crippen LogP contribution in [0.4, 0.5) is 5.69 Å². The molecule has 1 fully saturated rings. The van der Waals surface area contributed by atoms with Crippen molar-refractivity contribution in [2.75, 3.05) is 5.33 Å².